The Morgan fingerprint density at radius 2 is 1.83 bits per heavy atom. The highest BCUT2D eigenvalue weighted by Crippen LogP contribution is 2.25. The second-order valence-corrected chi connectivity index (χ2v) is 8.68. The molecule has 148 valence electrons. The van der Waals surface area contributed by atoms with Crippen LogP contribution in [0.15, 0.2) is 56.9 Å². The average Bonchev–Trinajstić information content (AvgIpc) is 3.16. The van der Waals surface area contributed by atoms with Crippen molar-refractivity contribution in [3.05, 3.63) is 70.2 Å². The van der Waals surface area contributed by atoms with E-state index in [-0.39, 0.29) is 11.0 Å². The topological polar surface area (TPSA) is 86.7 Å². The second kappa shape index (κ2) is 7.44. The molecule has 0 spiro atoms. The molecule has 0 bridgehead atoms. The Morgan fingerprint density at radius 3 is 2.55 bits per heavy atom. The molecule has 4 rings (SSSR count). The van der Waals surface area contributed by atoms with Gasteiger partial charge in [0, 0.05) is 11.1 Å². The van der Waals surface area contributed by atoms with Crippen LogP contribution in [-0.2, 0) is 11.2 Å². The number of nitrogens with zero attached hydrogens (tertiary/aromatic N) is 5. The van der Waals surface area contributed by atoms with Gasteiger partial charge in [-0.05, 0) is 31.2 Å². The molecule has 0 saturated heterocycles. The molecule has 0 aliphatic rings. The lowest BCUT2D eigenvalue weighted by molar-refractivity contribution is 0.372. The molecule has 0 unspecified atom stereocenters. The van der Waals surface area contributed by atoms with Gasteiger partial charge in [-0.15, -0.1) is 0 Å². The number of para-hydroxylation sites is 1. The summed E-state index contributed by atoms with van der Waals surface area (Å²) < 4.78 is 6.93. The molecule has 0 saturated carbocycles. The summed E-state index contributed by atoms with van der Waals surface area (Å²) in [4.78, 5) is 26.9. The standard InChI is InChI=1S/C21H21N5O2S/c1-13-8-7-11-16(22-13)26-18(27)14-9-5-6-10-15(14)23-20(26)29-12-17-24-19(25-28-17)21(2,3)4/h5-11H,12H2,1-4H3. The van der Waals surface area contributed by atoms with E-state index in [1.807, 2.05) is 58.0 Å². The maximum absolute atomic E-state index is 13.2. The SMILES string of the molecule is Cc1cccc(-n2c(SCc3nc(C(C)(C)C)no3)nc3ccccc3c2=O)n1. The van der Waals surface area contributed by atoms with Gasteiger partial charge in [-0.3, -0.25) is 4.79 Å². The minimum atomic E-state index is -0.193. The zero-order valence-electron chi connectivity index (χ0n) is 16.7. The molecule has 4 aromatic rings. The van der Waals surface area contributed by atoms with Crippen molar-refractivity contribution >= 4 is 22.7 Å². The Kier molecular flexibility index (Phi) is 4.96. The molecule has 3 aromatic heterocycles. The van der Waals surface area contributed by atoms with Crippen molar-refractivity contribution < 1.29 is 4.52 Å². The van der Waals surface area contributed by atoms with Crippen molar-refractivity contribution in [3.8, 4) is 5.82 Å². The van der Waals surface area contributed by atoms with Gasteiger partial charge in [0.1, 0.15) is 5.82 Å². The first-order valence-corrected chi connectivity index (χ1v) is 10.2. The molecule has 7 nitrogen and oxygen atoms in total. The van der Waals surface area contributed by atoms with Crippen molar-refractivity contribution in [3.63, 3.8) is 0 Å². The highest BCUT2D eigenvalue weighted by molar-refractivity contribution is 7.98. The molecule has 0 fully saturated rings. The predicted molar refractivity (Wildman–Crippen MR) is 112 cm³/mol. The van der Waals surface area contributed by atoms with E-state index in [0.717, 1.165) is 5.69 Å². The maximum atomic E-state index is 13.2. The Morgan fingerprint density at radius 1 is 1.03 bits per heavy atom. The summed E-state index contributed by atoms with van der Waals surface area (Å²) in [6.45, 7) is 7.98. The Bertz CT molecular complexity index is 1240. The maximum Gasteiger partial charge on any atom is 0.267 e. The lowest BCUT2D eigenvalue weighted by atomic mass is 9.96. The monoisotopic (exact) mass is 407 g/mol. The van der Waals surface area contributed by atoms with Crippen molar-refractivity contribution in [2.24, 2.45) is 0 Å². The zero-order chi connectivity index (χ0) is 20.6. The Hall–Kier alpha value is -3.00. The number of fused-ring (bicyclic) bond motifs is 1. The summed E-state index contributed by atoms with van der Waals surface area (Å²) in [5.74, 6) is 2.08. The molecule has 0 N–H and O–H groups in total. The van der Waals surface area contributed by atoms with Gasteiger partial charge in [-0.2, -0.15) is 4.98 Å². The summed E-state index contributed by atoms with van der Waals surface area (Å²) in [6, 6.07) is 12.9. The van der Waals surface area contributed by atoms with Crippen LogP contribution < -0.4 is 5.56 Å². The van der Waals surface area contributed by atoms with Crippen LogP contribution in [0.4, 0.5) is 0 Å². The normalized spacial score (nSPS) is 11.9. The molecule has 0 amide bonds. The Labute approximate surface area is 172 Å². The minimum Gasteiger partial charge on any atom is -0.338 e. The summed E-state index contributed by atoms with van der Waals surface area (Å²) in [5, 5.41) is 5.14. The number of benzene rings is 1. The molecule has 1 aromatic carbocycles. The predicted octanol–water partition coefficient (Wildman–Crippen LogP) is 4.06. The van der Waals surface area contributed by atoms with Crippen molar-refractivity contribution in [2.45, 2.75) is 44.0 Å². The van der Waals surface area contributed by atoms with Gasteiger partial charge in [0.25, 0.3) is 5.56 Å². The van der Waals surface area contributed by atoms with Crippen LogP contribution in [0.2, 0.25) is 0 Å². The van der Waals surface area contributed by atoms with Crippen LogP contribution >= 0.6 is 11.8 Å². The van der Waals surface area contributed by atoms with Gasteiger partial charge >= 0.3 is 0 Å². The number of pyridine rings is 1. The number of hydrogen-bond acceptors (Lipinski definition) is 7. The van der Waals surface area contributed by atoms with Crippen LogP contribution in [0.1, 0.15) is 38.2 Å². The van der Waals surface area contributed by atoms with Gasteiger partial charge < -0.3 is 4.52 Å². The van der Waals surface area contributed by atoms with Crippen molar-refractivity contribution in [1.82, 2.24) is 24.7 Å². The number of thioether (sulfide) groups is 1. The second-order valence-electron chi connectivity index (χ2n) is 7.74. The number of hydrogen-bond donors (Lipinski definition) is 0. The number of aromatic nitrogens is 5. The highest BCUT2D eigenvalue weighted by atomic mass is 32.2. The van der Waals surface area contributed by atoms with E-state index in [4.69, 9.17) is 9.51 Å². The molecule has 3 heterocycles. The minimum absolute atomic E-state index is 0.155. The summed E-state index contributed by atoms with van der Waals surface area (Å²) >= 11 is 1.37. The smallest absolute Gasteiger partial charge is 0.267 e. The van der Waals surface area contributed by atoms with E-state index in [2.05, 4.69) is 15.1 Å². The average molecular weight is 407 g/mol. The summed E-state index contributed by atoms with van der Waals surface area (Å²) in [5.41, 5.74) is 1.12. The van der Waals surface area contributed by atoms with E-state index in [1.165, 1.54) is 11.8 Å². The Balaban J connectivity index is 1.77. The fourth-order valence-corrected chi connectivity index (χ4v) is 3.65. The zero-order valence-corrected chi connectivity index (χ0v) is 17.5. The van der Waals surface area contributed by atoms with E-state index < -0.39 is 0 Å². The van der Waals surface area contributed by atoms with Gasteiger partial charge in [-0.25, -0.2) is 14.5 Å². The molecular formula is C21H21N5O2S. The third kappa shape index (κ3) is 3.93. The third-order valence-electron chi connectivity index (χ3n) is 4.31. The highest BCUT2D eigenvalue weighted by Gasteiger charge is 2.22. The fraction of sp³-hybridized carbons (Fsp3) is 0.286. The van der Waals surface area contributed by atoms with E-state index >= 15 is 0 Å². The number of aryl methyl sites for hydroxylation is 1. The molecule has 0 radical (unpaired) electrons. The molecule has 0 aliphatic heterocycles. The quantitative estimate of drug-likeness (QED) is 0.372. The molecule has 8 heteroatoms. The lowest BCUT2D eigenvalue weighted by Crippen LogP contribution is -2.22. The molecule has 0 atom stereocenters. The van der Waals surface area contributed by atoms with Crippen LogP contribution in [0, 0.1) is 6.92 Å². The molecular weight excluding hydrogens is 386 g/mol. The first-order chi connectivity index (χ1) is 13.8. The summed E-state index contributed by atoms with van der Waals surface area (Å²) in [7, 11) is 0. The van der Waals surface area contributed by atoms with Gasteiger partial charge in [0.05, 0.1) is 16.7 Å². The largest absolute Gasteiger partial charge is 0.338 e. The van der Waals surface area contributed by atoms with Crippen LogP contribution in [0.25, 0.3) is 16.7 Å². The van der Waals surface area contributed by atoms with E-state index in [1.54, 1.807) is 16.7 Å². The lowest BCUT2D eigenvalue weighted by Gasteiger charge is -2.12. The first kappa shape index (κ1) is 19.3. The summed E-state index contributed by atoms with van der Waals surface area (Å²) in [6.07, 6.45) is 0. The van der Waals surface area contributed by atoms with Gasteiger partial charge in [-0.1, -0.05) is 55.9 Å². The van der Waals surface area contributed by atoms with E-state index in [9.17, 15) is 4.79 Å². The van der Waals surface area contributed by atoms with Crippen molar-refractivity contribution in [2.75, 3.05) is 0 Å². The molecule has 0 aliphatic carbocycles. The fourth-order valence-electron chi connectivity index (χ4n) is 2.81. The van der Waals surface area contributed by atoms with Gasteiger partial charge in [0.2, 0.25) is 5.89 Å². The van der Waals surface area contributed by atoms with E-state index in [0.29, 0.717) is 39.3 Å². The first-order valence-electron chi connectivity index (χ1n) is 9.24. The third-order valence-corrected chi connectivity index (χ3v) is 5.23. The van der Waals surface area contributed by atoms with Crippen LogP contribution in [-0.4, -0.2) is 24.7 Å². The van der Waals surface area contributed by atoms with Gasteiger partial charge in [0.15, 0.2) is 11.0 Å². The van der Waals surface area contributed by atoms with Crippen molar-refractivity contribution in [1.29, 1.82) is 0 Å². The number of rotatable bonds is 4. The van der Waals surface area contributed by atoms with Crippen LogP contribution in [0.5, 0.6) is 0 Å². The van der Waals surface area contributed by atoms with Crippen LogP contribution in [0.3, 0.4) is 0 Å². The molecule has 29 heavy (non-hydrogen) atoms.